The minimum atomic E-state index is -1.17. The SMILES string of the molecule is COC1(Cl)C=CC(C(=O)Nc2ccccc2C)C=C1Cl. The third-order valence-electron chi connectivity index (χ3n) is 3.17. The van der Waals surface area contributed by atoms with Gasteiger partial charge in [0.15, 0.2) is 5.06 Å². The van der Waals surface area contributed by atoms with Crippen LogP contribution in [0.15, 0.2) is 47.5 Å². The first-order chi connectivity index (χ1) is 9.46. The van der Waals surface area contributed by atoms with E-state index in [0.29, 0.717) is 0 Å². The van der Waals surface area contributed by atoms with Gasteiger partial charge in [0, 0.05) is 12.8 Å². The van der Waals surface area contributed by atoms with E-state index in [1.165, 1.54) is 7.11 Å². The van der Waals surface area contributed by atoms with Gasteiger partial charge in [0.2, 0.25) is 5.91 Å². The number of halogens is 2. The van der Waals surface area contributed by atoms with Crippen molar-refractivity contribution in [1.29, 1.82) is 0 Å². The highest BCUT2D eigenvalue weighted by Gasteiger charge is 2.33. The molecular formula is C15H15Cl2NO2. The van der Waals surface area contributed by atoms with Gasteiger partial charge < -0.3 is 10.1 Å². The molecule has 5 heteroatoms. The van der Waals surface area contributed by atoms with Crippen molar-refractivity contribution in [2.75, 3.05) is 12.4 Å². The average Bonchev–Trinajstić information content (AvgIpc) is 2.44. The molecule has 1 N–H and O–H groups in total. The van der Waals surface area contributed by atoms with E-state index in [2.05, 4.69) is 5.32 Å². The van der Waals surface area contributed by atoms with Crippen molar-refractivity contribution in [3.05, 3.63) is 53.1 Å². The quantitative estimate of drug-likeness (QED) is 0.680. The van der Waals surface area contributed by atoms with Crippen LogP contribution in [-0.4, -0.2) is 18.1 Å². The third-order valence-corrected chi connectivity index (χ3v) is 4.16. The van der Waals surface area contributed by atoms with E-state index in [4.69, 9.17) is 27.9 Å². The zero-order valence-corrected chi connectivity index (χ0v) is 12.7. The molecule has 0 fully saturated rings. The number of carbonyl (C=O) groups excluding carboxylic acids is 1. The van der Waals surface area contributed by atoms with Gasteiger partial charge in [-0.2, -0.15) is 0 Å². The monoisotopic (exact) mass is 311 g/mol. The summed E-state index contributed by atoms with van der Waals surface area (Å²) in [6.07, 6.45) is 4.85. The second kappa shape index (κ2) is 6.00. The zero-order valence-electron chi connectivity index (χ0n) is 11.2. The van der Waals surface area contributed by atoms with E-state index in [1.54, 1.807) is 18.2 Å². The molecule has 0 bridgehead atoms. The van der Waals surface area contributed by atoms with Gasteiger partial charge in [-0.05, 0) is 30.7 Å². The molecule has 0 saturated heterocycles. The second-order valence-electron chi connectivity index (χ2n) is 4.55. The largest absolute Gasteiger partial charge is 0.354 e. The Morgan fingerprint density at radius 2 is 2.10 bits per heavy atom. The number of ether oxygens (including phenoxy) is 1. The van der Waals surface area contributed by atoms with Crippen molar-refractivity contribution >= 4 is 34.8 Å². The zero-order chi connectivity index (χ0) is 14.8. The fourth-order valence-electron chi connectivity index (χ4n) is 1.89. The molecule has 1 aromatic rings. The van der Waals surface area contributed by atoms with Gasteiger partial charge >= 0.3 is 0 Å². The summed E-state index contributed by atoms with van der Waals surface area (Å²) in [6.45, 7) is 1.93. The molecule has 2 rings (SSSR count). The van der Waals surface area contributed by atoms with E-state index in [0.717, 1.165) is 11.3 Å². The Morgan fingerprint density at radius 3 is 2.70 bits per heavy atom. The Labute approximate surface area is 128 Å². The summed E-state index contributed by atoms with van der Waals surface area (Å²) < 4.78 is 5.10. The Balaban J connectivity index is 2.13. The molecule has 0 heterocycles. The minimum absolute atomic E-state index is 0.163. The van der Waals surface area contributed by atoms with E-state index < -0.39 is 11.0 Å². The molecular weight excluding hydrogens is 297 g/mol. The number of hydrogen-bond donors (Lipinski definition) is 1. The maximum Gasteiger partial charge on any atom is 0.235 e. The third kappa shape index (κ3) is 3.06. The number of nitrogens with one attached hydrogen (secondary N) is 1. The van der Waals surface area contributed by atoms with Gasteiger partial charge in [0.1, 0.15) is 0 Å². The van der Waals surface area contributed by atoms with Crippen molar-refractivity contribution in [2.45, 2.75) is 12.0 Å². The summed E-state index contributed by atoms with van der Waals surface area (Å²) in [5.74, 6) is -0.632. The maximum atomic E-state index is 12.2. The van der Waals surface area contributed by atoms with E-state index in [-0.39, 0.29) is 10.9 Å². The number of alkyl halides is 1. The lowest BCUT2D eigenvalue weighted by Crippen LogP contribution is -2.29. The van der Waals surface area contributed by atoms with Crippen molar-refractivity contribution < 1.29 is 9.53 Å². The van der Waals surface area contributed by atoms with E-state index >= 15 is 0 Å². The predicted octanol–water partition coefficient (Wildman–Crippen LogP) is 3.82. The fourth-order valence-corrected chi connectivity index (χ4v) is 2.30. The van der Waals surface area contributed by atoms with Gasteiger partial charge in [-0.25, -0.2) is 0 Å². The van der Waals surface area contributed by atoms with Gasteiger partial charge in [-0.15, -0.1) is 0 Å². The molecule has 1 aliphatic rings. The Kier molecular flexibility index (Phi) is 4.53. The lowest BCUT2D eigenvalue weighted by Gasteiger charge is -2.26. The standard InChI is InChI=1S/C15H15Cl2NO2/c1-10-5-3-4-6-12(10)18-14(19)11-7-8-15(17,20-2)13(16)9-11/h3-9,11H,1-2H3,(H,18,19). The number of methoxy groups -OCH3 is 1. The van der Waals surface area contributed by atoms with Crippen LogP contribution in [0.25, 0.3) is 0 Å². The number of hydrogen-bond acceptors (Lipinski definition) is 2. The van der Waals surface area contributed by atoms with Gasteiger partial charge in [0.05, 0.1) is 11.0 Å². The van der Waals surface area contributed by atoms with Gasteiger partial charge in [-0.3, -0.25) is 4.79 Å². The minimum Gasteiger partial charge on any atom is -0.354 e. The summed E-state index contributed by atoms with van der Waals surface area (Å²) in [5, 5.41) is 1.99. The number of benzene rings is 1. The van der Waals surface area contributed by atoms with Crippen LogP contribution in [0.1, 0.15) is 5.56 Å². The number of anilines is 1. The van der Waals surface area contributed by atoms with Crippen LogP contribution >= 0.6 is 23.2 Å². The molecule has 1 aromatic carbocycles. The molecule has 2 atom stereocenters. The van der Waals surface area contributed by atoms with Crippen LogP contribution in [0.3, 0.4) is 0 Å². The van der Waals surface area contributed by atoms with Crippen LogP contribution in [-0.2, 0) is 9.53 Å². The maximum absolute atomic E-state index is 12.2. The number of aryl methyl sites for hydroxylation is 1. The second-order valence-corrected chi connectivity index (χ2v) is 5.52. The summed E-state index contributed by atoms with van der Waals surface area (Å²) in [5.41, 5.74) is 1.78. The van der Waals surface area contributed by atoms with Crippen LogP contribution in [0.5, 0.6) is 0 Å². The summed E-state index contributed by atoms with van der Waals surface area (Å²) in [4.78, 5) is 12.2. The lowest BCUT2D eigenvalue weighted by atomic mass is 10.00. The molecule has 0 radical (unpaired) electrons. The molecule has 0 aliphatic heterocycles. The molecule has 0 saturated carbocycles. The van der Waals surface area contributed by atoms with Gasteiger partial charge in [0.25, 0.3) is 0 Å². The highest BCUT2D eigenvalue weighted by molar-refractivity contribution is 6.40. The number of amides is 1. The molecule has 0 aromatic heterocycles. The van der Waals surface area contributed by atoms with Crippen molar-refractivity contribution in [3.8, 4) is 0 Å². The molecule has 3 nitrogen and oxygen atoms in total. The van der Waals surface area contributed by atoms with Crippen LogP contribution in [0.4, 0.5) is 5.69 Å². The van der Waals surface area contributed by atoms with Crippen molar-refractivity contribution in [2.24, 2.45) is 5.92 Å². The van der Waals surface area contributed by atoms with Crippen molar-refractivity contribution in [3.63, 3.8) is 0 Å². The van der Waals surface area contributed by atoms with E-state index in [9.17, 15) is 4.79 Å². The summed E-state index contributed by atoms with van der Waals surface area (Å²) in [7, 11) is 1.46. The molecule has 106 valence electrons. The Morgan fingerprint density at radius 1 is 1.40 bits per heavy atom. The molecule has 1 amide bonds. The topological polar surface area (TPSA) is 38.3 Å². The van der Waals surface area contributed by atoms with E-state index in [1.807, 2.05) is 31.2 Å². The first-order valence-electron chi connectivity index (χ1n) is 6.14. The fraction of sp³-hybridized carbons (Fsp3) is 0.267. The Hall–Kier alpha value is -1.29. The number of carbonyl (C=O) groups is 1. The van der Waals surface area contributed by atoms with Crippen LogP contribution < -0.4 is 5.32 Å². The van der Waals surface area contributed by atoms with Crippen molar-refractivity contribution in [1.82, 2.24) is 0 Å². The molecule has 2 unspecified atom stereocenters. The normalized spacial score (nSPS) is 25.2. The lowest BCUT2D eigenvalue weighted by molar-refractivity contribution is -0.117. The molecule has 0 spiro atoms. The van der Waals surface area contributed by atoms with Gasteiger partial charge in [-0.1, -0.05) is 47.5 Å². The first kappa shape index (κ1) is 15.1. The highest BCUT2D eigenvalue weighted by Crippen LogP contribution is 2.35. The predicted molar refractivity (Wildman–Crippen MR) is 82.0 cm³/mol. The molecule has 1 aliphatic carbocycles. The summed E-state index contributed by atoms with van der Waals surface area (Å²) in [6, 6.07) is 7.58. The van der Waals surface area contributed by atoms with Crippen LogP contribution in [0.2, 0.25) is 0 Å². The molecule has 20 heavy (non-hydrogen) atoms. The smallest absolute Gasteiger partial charge is 0.235 e. The Bertz CT molecular complexity index is 583. The highest BCUT2D eigenvalue weighted by atomic mass is 35.5. The average molecular weight is 312 g/mol. The first-order valence-corrected chi connectivity index (χ1v) is 6.89. The number of rotatable bonds is 3. The number of para-hydroxylation sites is 1. The summed E-state index contributed by atoms with van der Waals surface area (Å²) >= 11 is 12.2. The van der Waals surface area contributed by atoms with Crippen LogP contribution in [0, 0.1) is 12.8 Å².